The number of piperidine rings is 1. The molecule has 2 amide bonds. The second-order valence-electron chi connectivity index (χ2n) is 11.4. The molecule has 0 atom stereocenters. The van der Waals surface area contributed by atoms with Gasteiger partial charge in [-0.05, 0) is 94.6 Å². The Kier molecular flexibility index (Phi) is 6.23. The average Bonchev–Trinajstić information content (AvgIpc) is 3.72. The first-order valence-electron chi connectivity index (χ1n) is 12.9. The number of benzene rings is 1. The summed E-state index contributed by atoms with van der Waals surface area (Å²) in [4.78, 5) is 28.2. The Morgan fingerprint density at radius 3 is 2.47 bits per heavy atom. The van der Waals surface area contributed by atoms with E-state index in [4.69, 9.17) is 9.47 Å². The normalized spacial score (nSPS) is 22.7. The molecule has 1 aromatic rings. The second kappa shape index (κ2) is 9.04. The van der Waals surface area contributed by atoms with E-state index >= 15 is 0 Å². The highest BCUT2D eigenvalue weighted by Gasteiger charge is 2.47. The maximum absolute atomic E-state index is 14.4. The summed E-state index contributed by atoms with van der Waals surface area (Å²) < 4.78 is 25.8. The lowest BCUT2D eigenvalue weighted by Crippen LogP contribution is -2.49. The summed E-state index contributed by atoms with van der Waals surface area (Å²) in [5, 5.41) is 0. The van der Waals surface area contributed by atoms with E-state index in [2.05, 4.69) is 0 Å². The van der Waals surface area contributed by atoms with Crippen molar-refractivity contribution in [3.8, 4) is 5.75 Å². The summed E-state index contributed by atoms with van der Waals surface area (Å²) in [6, 6.07) is 4.81. The number of hydrogen-bond acceptors (Lipinski definition) is 4. The fourth-order valence-corrected chi connectivity index (χ4v) is 5.63. The molecule has 1 spiro atoms. The molecule has 1 aromatic carbocycles. The van der Waals surface area contributed by atoms with Crippen molar-refractivity contribution >= 4 is 12.0 Å². The zero-order valence-corrected chi connectivity index (χ0v) is 20.5. The Morgan fingerprint density at radius 1 is 1.15 bits per heavy atom. The van der Waals surface area contributed by atoms with Crippen molar-refractivity contribution in [3.05, 3.63) is 29.6 Å². The van der Waals surface area contributed by atoms with Gasteiger partial charge in [0, 0.05) is 32.2 Å². The van der Waals surface area contributed by atoms with Gasteiger partial charge in [-0.2, -0.15) is 0 Å². The van der Waals surface area contributed by atoms with Crippen LogP contribution in [0, 0.1) is 17.2 Å². The molecule has 7 heteroatoms. The van der Waals surface area contributed by atoms with Gasteiger partial charge in [-0.25, -0.2) is 9.18 Å². The van der Waals surface area contributed by atoms with Crippen LogP contribution < -0.4 is 4.74 Å². The van der Waals surface area contributed by atoms with Crippen LogP contribution in [0.4, 0.5) is 9.18 Å². The van der Waals surface area contributed by atoms with Gasteiger partial charge in [-0.1, -0.05) is 0 Å². The fraction of sp³-hybridized carbons (Fsp3) is 0.704. The SMILES string of the molecule is CN(C(=O)c1ccc(OCCCC2CC3(CCN(C(=O)OC4(C)CC4)CC3)C2)cc1F)C1CC1. The van der Waals surface area contributed by atoms with Crippen molar-refractivity contribution < 1.29 is 23.5 Å². The van der Waals surface area contributed by atoms with Crippen LogP contribution in [0.5, 0.6) is 5.75 Å². The van der Waals surface area contributed by atoms with Crippen molar-refractivity contribution in [1.82, 2.24) is 9.80 Å². The van der Waals surface area contributed by atoms with Gasteiger partial charge in [-0.15, -0.1) is 0 Å². The van der Waals surface area contributed by atoms with E-state index < -0.39 is 5.82 Å². The number of carbonyl (C=O) groups is 2. The molecule has 1 aliphatic heterocycles. The number of amides is 2. The molecule has 34 heavy (non-hydrogen) atoms. The largest absolute Gasteiger partial charge is 0.493 e. The van der Waals surface area contributed by atoms with E-state index in [1.165, 1.54) is 25.0 Å². The molecule has 0 bridgehead atoms. The highest BCUT2D eigenvalue weighted by Crippen LogP contribution is 2.54. The number of halogens is 1. The van der Waals surface area contributed by atoms with Crippen LogP contribution in [0.2, 0.25) is 0 Å². The van der Waals surface area contributed by atoms with Crippen molar-refractivity contribution in [3.63, 3.8) is 0 Å². The maximum Gasteiger partial charge on any atom is 0.410 e. The summed E-state index contributed by atoms with van der Waals surface area (Å²) in [7, 11) is 1.74. The summed E-state index contributed by atoms with van der Waals surface area (Å²) in [6.45, 7) is 4.19. The Hall–Kier alpha value is -2.31. The minimum absolute atomic E-state index is 0.113. The lowest BCUT2D eigenvalue weighted by Gasteiger charge is -2.52. The van der Waals surface area contributed by atoms with Crippen molar-refractivity contribution in [2.75, 3.05) is 26.7 Å². The Morgan fingerprint density at radius 2 is 1.85 bits per heavy atom. The molecule has 0 aromatic heterocycles. The first-order valence-corrected chi connectivity index (χ1v) is 12.9. The number of rotatable bonds is 8. The van der Waals surface area contributed by atoms with Crippen LogP contribution in [-0.4, -0.2) is 60.2 Å². The Bertz CT molecular complexity index is 927. The van der Waals surface area contributed by atoms with Gasteiger partial charge < -0.3 is 19.3 Å². The van der Waals surface area contributed by atoms with Crippen LogP contribution >= 0.6 is 0 Å². The molecule has 0 radical (unpaired) electrons. The van der Waals surface area contributed by atoms with Gasteiger partial charge in [0.15, 0.2) is 0 Å². The number of carbonyl (C=O) groups excluding carboxylic acids is 2. The lowest BCUT2D eigenvalue weighted by atomic mass is 9.56. The standard InChI is InChI=1S/C27H37FN2O4/c1-26(9-10-26)34-25(32)30-13-11-27(12-14-30)17-19(18-27)4-3-15-33-21-7-8-22(23(28)16-21)24(31)29(2)20-5-6-20/h7-8,16,19-20H,3-6,9-15,17-18H2,1-2H3. The van der Waals surface area contributed by atoms with E-state index in [0.717, 1.165) is 64.5 Å². The van der Waals surface area contributed by atoms with Gasteiger partial charge in [-0.3, -0.25) is 4.79 Å². The van der Waals surface area contributed by atoms with Crippen LogP contribution in [-0.2, 0) is 4.74 Å². The van der Waals surface area contributed by atoms with Gasteiger partial charge in [0.1, 0.15) is 17.2 Å². The number of ether oxygens (including phenoxy) is 2. The van der Waals surface area contributed by atoms with Crippen molar-refractivity contribution in [1.29, 1.82) is 0 Å². The van der Waals surface area contributed by atoms with Gasteiger partial charge in [0.05, 0.1) is 12.2 Å². The molecule has 3 saturated carbocycles. The lowest BCUT2D eigenvalue weighted by molar-refractivity contribution is -0.0231. The molecule has 0 N–H and O–H groups in total. The van der Waals surface area contributed by atoms with Crippen LogP contribution in [0.15, 0.2) is 18.2 Å². The molecule has 5 rings (SSSR count). The fourth-order valence-electron chi connectivity index (χ4n) is 5.63. The number of hydrogen-bond donors (Lipinski definition) is 0. The van der Waals surface area contributed by atoms with Crippen molar-refractivity contribution in [2.45, 2.75) is 82.8 Å². The highest BCUT2D eigenvalue weighted by molar-refractivity contribution is 5.94. The third-order valence-electron chi connectivity index (χ3n) is 8.42. The van der Waals surface area contributed by atoms with Gasteiger partial charge >= 0.3 is 6.09 Å². The molecular formula is C27H37FN2O4. The molecule has 3 aliphatic carbocycles. The quantitative estimate of drug-likeness (QED) is 0.475. The molecule has 4 fully saturated rings. The molecule has 6 nitrogen and oxygen atoms in total. The molecule has 1 saturated heterocycles. The third kappa shape index (κ3) is 5.18. The van der Waals surface area contributed by atoms with Crippen molar-refractivity contribution in [2.24, 2.45) is 11.3 Å². The number of nitrogens with zero attached hydrogens (tertiary/aromatic N) is 2. The topological polar surface area (TPSA) is 59.1 Å². The second-order valence-corrected chi connectivity index (χ2v) is 11.4. The molecule has 0 unspecified atom stereocenters. The third-order valence-corrected chi connectivity index (χ3v) is 8.42. The van der Waals surface area contributed by atoms with Crippen LogP contribution in [0.3, 0.4) is 0 Å². The number of likely N-dealkylation sites (tertiary alicyclic amines) is 1. The predicted molar refractivity (Wildman–Crippen MR) is 126 cm³/mol. The minimum atomic E-state index is -0.516. The zero-order valence-electron chi connectivity index (χ0n) is 20.5. The van der Waals surface area contributed by atoms with Crippen LogP contribution in [0.1, 0.15) is 81.5 Å². The Labute approximate surface area is 201 Å². The highest BCUT2D eigenvalue weighted by atomic mass is 19.1. The predicted octanol–water partition coefficient (Wildman–Crippen LogP) is 5.40. The monoisotopic (exact) mass is 472 g/mol. The zero-order chi connectivity index (χ0) is 23.9. The van der Waals surface area contributed by atoms with E-state index in [9.17, 15) is 14.0 Å². The summed E-state index contributed by atoms with van der Waals surface area (Å²) in [5.41, 5.74) is 0.321. The molecule has 186 valence electrons. The maximum atomic E-state index is 14.4. The van der Waals surface area contributed by atoms with E-state index in [0.29, 0.717) is 23.7 Å². The van der Waals surface area contributed by atoms with Crippen LogP contribution in [0.25, 0.3) is 0 Å². The summed E-state index contributed by atoms with van der Waals surface area (Å²) in [6.07, 6.45) is 10.5. The molecular weight excluding hydrogens is 435 g/mol. The van der Waals surface area contributed by atoms with Gasteiger partial charge in [0.25, 0.3) is 5.91 Å². The Balaban J connectivity index is 0.986. The minimum Gasteiger partial charge on any atom is -0.493 e. The van der Waals surface area contributed by atoms with E-state index in [1.807, 2.05) is 11.8 Å². The van der Waals surface area contributed by atoms with Gasteiger partial charge in [0.2, 0.25) is 0 Å². The van der Waals surface area contributed by atoms with E-state index in [1.54, 1.807) is 18.0 Å². The molecule has 1 heterocycles. The first kappa shape index (κ1) is 23.4. The van der Waals surface area contributed by atoms with E-state index in [-0.39, 0.29) is 29.2 Å². The first-order chi connectivity index (χ1) is 16.3. The summed E-state index contributed by atoms with van der Waals surface area (Å²) >= 11 is 0. The smallest absolute Gasteiger partial charge is 0.410 e. The summed E-state index contributed by atoms with van der Waals surface area (Å²) in [5.74, 6) is 0.414. The molecule has 4 aliphatic rings. The average molecular weight is 473 g/mol.